The third kappa shape index (κ3) is 3.65. The monoisotopic (exact) mass is 455 g/mol. The fourth-order valence-corrected chi connectivity index (χ4v) is 6.06. The molecule has 32 heavy (non-hydrogen) atoms. The minimum Gasteiger partial charge on any atom is -0.378 e. The van der Waals surface area contributed by atoms with Gasteiger partial charge in [0.2, 0.25) is 0 Å². The van der Waals surface area contributed by atoms with Gasteiger partial charge in [0, 0.05) is 30.4 Å². The van der Waals surface area contributed by atoms with Crippen molar-refractivity contribution >= 4 is 27.5 Å². The Morgan fingerprint density at radius 1 is 1.09 bits per heavy atom. The van der Waals surface area contributed by atoms with E-state index in [1.54, 1.807) is 0 Å². The topological polar surface area (TPSA) is 96.0 Å². The number of ether oxygens (including phenoxy) is 1. The molecule has 168 valence electrons. The summed E-state index contributed by atoms with van der Waals surface area (Å²) in [6, 6.07) is 11.8. The van der Waals surface area contributed by atoms with Crippen LogP contribution in [0.25, 0.3) is 0 Å². The SMILES string of the molecule is CC(NC(=O)c1ccc2c(c1)S(=O)(=O)N(C1CC1)C2=O)c1ccc(N2CCOCC2)cc1. The van der Waals surface area contributed by atoms with Crippen LogP contribution in [0.3, 0.4) is 0 Å². The molecule has 1 aliphatic carbocycles. The second-order valence-corrected chi connectivity index (χ2v) is 10.2. The summed E-state index contributed by atoms with van der Waals surface area (Å²) in [5, 5.41) is 2.92. The molecule has 0 spiro atoms. The van der Waals surface area contributed by atoms with Crippen LogP contribution < -0.4 is 10.2 Å². The Morgan fingerprint density at radius 2 is 1.78 bits per heavy atom. The molecule has 1 N–H and O–H groups in total. The fraction of sp³-hybridized carbons (Fsp3) is 0.391. The number of hydrogen-bond acceptors (Lipinski definition) is 6. The first-order valence-electron chi connectivity index (χ1n) is 10.8. The van der Waals surface area contributed by atoms with Crippen LogP contribution in [0.1, 0.15) is 52.1 Å². The Balaban J connectivity index is 1.30. The molecule has 0 radical (unpaired) electrons. The van der Waals surface area contributed by atoms with Crippen molar-refractivity contribution in [2.45, 2.75) is 36.7 Å². The maximum atomic E-state index is 12.8. The van der Waals surface area contributed by atoms with Crippen LogP contribution in [0, 0.1) is 0 Å². The van der Waals surface area contributed by atoms with Gasteiger partial charge in [-0.2, -0.15) is 0 Å². The van der Waals surface area contributed by atoms with Crippen molar-refractivity contribution in [2.75, 3.05) is 31.2 Å². The zero-order chi connectivity index (χ0) is 22.5. The molecule has 3 aliphatic rings. The number of benzene rings is 2. The highest BCUT2D eigenvalue weighted by Crippen LogP contribution is 2.39. The second kappa shape index (κ2) is 7.90. The summed E-state index contributed by atoms with van der Waals surface area (Å²) < 4.78 is 32.0. The molecule has 8 nitrogen and oxygen atoms in total. The van der Waals surface area contributed by atoms with Gasteiger partial charge in [0.15, 0.2) is 0 Å². The molecule has 1 atom stereocenters. The number of sulfonamides is 1. The summed E-state index contributed by atoms with van der Waals surface area (Å²) in [4.78, 5) is 27.5. The summed E-state index contributed by atoms with van der Waals surface area (Å²) in [6.07, 6.45) is 1.38. The van der Waals surface area contributed by atoms with E-state index < -0.39 is 15.9 Å². The lowest BCUT2D eigenvalue weighted by Crippen LogP contribution is -2.36. The predicted molar refractivity (Wildman–Crippen MR) is 118 cm³/mol. The molecule has 2 aromatic rings. The van der Waals surface area contributed by atoms with Crippen molar-refractivity contribution < 1.29 is 22.7 Å². The van der Waals surface area contributed by atoms with Crippen molar-refractivity contribution in [3.05, 3.63) is 59.2 Å². The van der Waals surface area contributed by atoms with Gasteiger partial charge in [0.25, 0.3) is 21.8 Å². The van der Waals surface area contributed by atoms with Crippen LogP contribution in [0.2, 0.25) is 0 Å². The van der Waals surface area contributed by atoms with Gasteiger partial charge in [-0.1, -0.05) is 12.1 Å². The number of anilines is 1. The van der Waals surface area contributed by atoms with E-state index in [4.69, 9.17) is 4.74 Å². The Bertz CT molecular complexity index is 1170. The van der Waals surface area contributed by atoms with E-state index in [1.807, 2.05) is 31.2 Å². The summed E-state index contributed by atoms with van der Waals surface area (Å²) in [5.41, 5.74) is 2.42. The number of nitrogens with zero attached hydrogens (tertiary/aromatic N) is 2. The van der Waals surface area contributed by atoms with Gasteiger partial charge < -0.3 is 15.0 Å². The normalized spacial score (nSPS) is 20.7. The third-order valence-electron chi connectivity index (χ3n) is 6.21. The highest BCUT2D eigenvalue weighted by molar-refractivity contribution is 7.90. The average molecular weight is 456 g/mol. The first kappa shape index (κ1) is 21.0. The molecular formula is C23H25N3O5S. The molecule has 1 unspecified atom stereocenters. The first-order valence-corrected chi connectivity index (χ1v) is 12.3. The van der Waals surface area contributed by atoms with E-state index in [0.29, 0.717) is 26.1 Å². The largest absolute Gasteiger partial charge is 0.378 e. The van der Waals surface area contributed by atoms with Gasteiger partial charge in [-0.25, -0.2) is 12.7 Å². The number of carbonyl (C=O) groups excluding carboxylic acids is 2. The van der Waals surface area contributed by atoms with E-state index in [1.165, 1.54) is 18.2 Å². The van der Waals surface area contributed by atoms with E-state index in [2.05, 4.69) is 10.2 Å². The average Bonchev–Trinajstić information content (AvgIpc) is 3.61. The zero-order valence-corrected chi connectivity index (χ0v) is 18.6. The molecule has 2 aliphatic heterocycles. The molecule has 2 fully saturated rings. The summed E-state index contributed by atoms with van der Waals surface area (Å²) in [6.45, 7) is 5.02. The highest BCUT2D eigenvalue weighted by atomic mass is 32.2. The number of rotatable bonds is 5. The van der Waals surface area contributed by atoms with Gasteiger partial charge in [-0.15, -0.1) is 0 Å². The second-order valence-electron chi connectivity index (χ2n) is 8.43. The number of fused-ring (bicyclic) bond motifs is 1. The molecule has 9 heteroatoms. The molecule has 5 rings (SSSR count). The van der Waals surface area contributed by atoms with Crippen molar-refractivity contribution in [2.24, 2.45) is 0 Å². The standard InChI is InChI=1S/C23H25N3O5S/c1-15(16-2-5-18(6-3-16)25-10-12-31-13-11-25)24-22(27)17-4-9-20-21(14-17)32(29,30)26(23(20)28)19-7-8-19/h2-6,9,14-15,19H,7-8,10-13H2,1H3,(H,24,27). The van der Waals surface area contributed by atoms with E-state index in [9.17, 15) is 18.0 Å². The molecule has 0 aromatic heterocycles. The lowest BCUT2D eigenvalue weighted by Gasteiger charge is -2.29. The molecular weight excluding hydrogens is 430 g/mol. The predicted octanol–water partition coefficient (Wildman–Crippen LogP) is 2.32. The maximum Gasteiger partial charge on any atom is 0.269 e. The highest BCUT2D eigenvalue weighted by Gasteiger charge is 2.48. The summed E-state index contributed by atoms with van der Waals surface area (Å²) >= 11 is 0. The number of carbonyl (C=O) groups is 2. The van der Waals surface area contributed by atoms with Crippen LogP contribution in [-0.4, -0.2) is 56.9 Å². The van der Waals surface area contributed by atoms with Crippen LogP contribution in [0.5, 0.6) is 0 Å². The van der Waals surface area contributed by atoms with Gasteiger partial charge in [-0.3, -0.25) is 9.59 Å². The first-order chi connectivity index (χ1) is 15.4. The molecule has 1 saturated carbocycles. The zero-order valence-electron chi connectivity index (χ0n) is 17.8. The van der Waals surface area contributed by atoms with E-state index >= 15 is 0 Å². The lowest BCUT2D eigenvalue weighted by molar-refractivity contribution is 0.0863. The Kier molecular flexibility index (Phi) is 5.17. The smallest absolute Gasteiger partial charge is 0.269 e. The third-order valence-corrected chi connectivity index (χ3v) is 8.08. The van der Waals surface area contributed by atoms with Crippen LogP contribution in [-0.2, 0) is 14.8 Å². The van der Waals surface area contributed by atoms with Gasteiger partial charge in [0.05, 0.1) is 24.8 Å². The van der Waals surface area contributed by atoms with Crippen LogP contribution in [0.15, 0.2) is 47.4 Å². The fourth-order valence-electron chi connectivity index (χ4n) is 4.22. The molecule has 0 bridgehead atoms. The quantitative estimate of drug-likeness (QED) is 0.744. The molecule has 2 heterocycles. The summed E-state index contributed by atoms with van der Waals surface area (Å²) in [5.74, 6) is -0.881. The van der Waals surface area contributed by atoms with Crippen molar-refractivity contribution in [1.29, 1.82) is 0 Å². The Labute approximate surface area is 187 Å². The summed E-state index contributed by atoms with van der Waals surface area (Å²) in [7, 11) is -3.89. The van der Waals surface area contributed by atoms with E-state index in [-0.39, 0.29) is 34.0 Å². The van der Waals surface area contributed by atoms with Gasteiger partial charge in [-0.05, 0) is 55.7 Å². The van der Waals surface area contributed by atoms with E-state index in [0.717, 1.165) is 28.6 Å². The van der Waals surface area contributed by atoms with Crippen molar-refractivity contribution in [3.63, 3.8) is 0 Å². The van der Waals surface area contributed by atoms with Crippen LogP contribution >= 0.6 is 0 Å². The van der Waals surface area contributed by atoms with Gasteiger partial charge >= 0.3 is 0 Å². The number of nitrogens with one attached hydrogen (secondary N) is 1. The molecule has 1 saturated heterocycles. The lowest BCUT2D eigenvalue weighted by atomic mass is 10.1. The maximum absolute atomic E-state index is 12.8. The van der Waals surface area contributed by atoms with Crippen LogP contribution in [0.4, 0.5) is 5.69 Å². The number of morpholine rings is 1. The number of hydrogen-bond donors (Lipinski definition) is 1. The van der Waals surface area contributed by atoms with Crippen molar-refractivity contribution in [3.8, 4) is 0 Å². The molecule has 2 aromatic carbocycles. The Hall–Kier alpha value is -2.91. The Morgan fingerprint density at radius 3 is 2.44 bits per heavy atom. The number of amides is 2. The molecule has 2 amide bonds. The minimum absolute atomic E-state index is 0.0791. The van der Waals surface area contributed by atoms with Gasteiger partial charge in [0.1, 0.15) is 4.90 Å². The minimum atomic E-state index is -3.89. The van der Waals surface area contributed by atoms with Crippen molar-refractivity contribution in [1.82, 2.24) is 9.62 Å².